The zero-order chi connectivity index (χ0) is 16.6. The predicted octanol–water partition coefficient (Wildman–Crippen LogP) is 4.03. The van der Waals surface area contributed by atoms with E-state index in [9.17, 15) is 0 Å². The smallest absolute Gasteiger partial charge is 0.504 e. The molecular formula is C16H30O4Si2. The summed E-state index contributed by atoms with van der Waals surface area (Å²) in [5.74, 6) is 0.959. The van der Waals surface area contributed by atoms with E-state index >= 15 is 0 Å². The Morgan fingerprint density at radius 3 is 1.86 bits per heavy atom. The van der Waals surface area contributed by atoms with Gasteiger partial charge in [-0.2, -0.15) is 0 Å². The Hall–Kier alpha value is -0.666. The van der Waals surface area contributed by atoms with Gasteiger partial charge in [-0.3, -0.25) is 0 Å². The van der Waals surface area contributed by atoms with Gasteiger partial charge in [0.05, 0.1) is 0 Å². The molecule has 0 amide bonds. The highest BCUT2D eigenvalue weighted by Crippen LogP contribution is 2.27. The number of hydrogen-bond acceptors (Lipinski definition) is 4. The molecule has 0 atom stereocenters. The molecule has 0 fully saturated rings. The molecule has 0 aromatic heterocycles. The van der Waals surface area contributed by atoms with Gasteiger partial charge in [-0.15, -0.1) is 0 Å². The van der Waals surface area contributed by atoms with E-state index in [1.54, 1.807) is 21.3 Å². The van der Waals surface area contributed by atoms with Gasteiger partial charge in [0.15, 0.2) is 0 Å². The minimum atomic E-state index is -2.61. The second kappa shape index (κ2) is 8.83. The Labute approximate surface area is 137 Å². The van der Waals surface area contributed by atoms with Crippen LogP contribution in [0.1, 0.15) is 26.3 Å². The summed E-state index contributed by atoms with van der Waals surface area (Å²) in [5.41, 5.74) is 1.13. The van der Waals surface area contributed by atoms with E-state index in [4.69, 9.17) is 17.7 Å². The van der Waals surface area contributed by atoms with Crippen molar-refractivity contribution >= 4 is 17.1 Å². The first kappa shape index (κ1) is 19.4. The Morgan fingerprint density at radius 1 is 0.864 bits per heavy atom. The predicted molar refractivity (Wildman–Crippen MR) is 94.8 cm³/mol. The molecule has 0 aliphatic carbocycles. The summed E-state index contributed by atoms with van der Waals surface area (Å²) >= 11 is 0. The van der Waals surface area contributed by atoms with Crippen molar-refractivity contribution in [3.05, 3.63) is 29.8 Å². The van der Waals surface area contributed by atoms with Gasteiger partial charge in [0.1, 0.15) is 5.75 Å². The first-order valence-electron chi connectivity index (χ1n) is 7.96. The Kier molecular flexibility index (Phi) is 7.78. The lowest BCUT2D eigenvalue weighted by atomic mass is 10.2. The van der Waals surface area contributed by atoms with Gasteiger partial charge >= 0.3 is 8.80 Å². The first-order valence-corrected chi connectivity index (χ1v) is 12.4. The van der Waals surface area contributed by atoms with E-state index in [0.29, 0.717) is 6.04 Å². The summed E-state index contributed by atoms with van der Waals surface area (Å²) in [6.07, 6.45) is 0. The van der Waals surface area contributed by atoms with Gasteiger partial charge in [-0.05, 0) is 35.8 Å². The lowest BCUT2D eigenvalue weighted by molar-refractivity contribution is 0.122. The second-order valence-corrected chi connectivity index (χ2v) is 13.1. The molecule has 0 unspecified atom stereocenters. The van der Waals surface area contributed by atoms with Crippen LogP contribution in [-0.4, -0.2) is 38.5 Å². The third-order valence-corrected chi connectivity index (χ3v) is 11.8. The summed E-state index contributed by atoms with van der Waals surface area (Å²) in [7, 11) is 0.669. The summed E-state index contributed by atoms with van der Waals surface area (Å²) < 4.78 is 23.0. The van der Waals surface area contributed by atoms with E-state index in [1.807, 2.05) is 12.1 Å². The Morgan fingerprint density at radius 2 is 1.41 bits per heavy atom. The van der Waals surface area contributed by atoms with Crippen LogP contribution in [0, 0.1) is 0 Å². The summed E-state index contributed by atoms with van der Waals surface area (Å²) in [6, 6.07) is 12.3. The molecule has 126 valence electrons. The molecule has 22 heavy (non-hydrogen) atoms. The monoisotopic (exact) mass is 342 g/mol. The van der Waals surface area contributed by atoms with E-state index in [2.05, 4.69) is 32.9 Å². The molecule has 0 saturated heterocycles. The maximum atomic E-state index is 6.44. The van der Waals surface area contributed by atoms with Gasteiger partial charge in [0, 0.05) is 27.4 Å². The highest BCUT2D eigenvalue weighted by molar-refractivity contribution is 6.74. The van der Waals surface area contributed by atoms with Crippen LogP contribution in [0.25, 0.3) is 0 Å². The van der Waals surface area contributed by atoms with Crippen LogP contribution >= 0.6 is 0 Å². The highest BCUT2D eigenvalue weighted by Gasteiger charge is 2.38. The normalized spacial score (nSPS) is 12.5. The van der Waals surface area contributed by atoms with Gasteiger partial charge in [0.25, 0.3) is 0 Å². The summed E-state index contributed by atoms with van der Waals surface area (Å²) in [6.45, 7) is 6.71. The number of benzene rings is 1. The molecule has 0 aliphatic heterocycles. The van der Waals surface area contributed by atoms with Crippen molar-refractivity contribution in [3.63, 3.8) is 0 Å². The van der Waals surface area contributed by atoms with E-state index in [-0.39, 0.29) is 0 Å². The van der Waals surface area contributed by atoms with Crippen LogP contribution in [0.5, 0.6) is 5.75 Å². The molecule has 1 rings (SSSR count). The van der Waals surface area contributed by atoms with Gasteiger partial charge in [-0.1, -0.05) is 32.9 Å². The second-order valence-electron chi connectivity index (χ2n) is 5.47. The van der Waals surface area contributed by atoms with Gasteiger partial charge in [0.2, 0.25) is 8.32 Å². The fourth-order valence-corrected chi connectivity index (χ4v) is 6.86. The molecule has 4 nitrogen and oxygen atoms in total. The van der Waals surface area contributed by atoms with Crippen molar-refractivity contribution in [1.29, 1.82) is 0 Å². The van der Waals surface area contributed by atoms with E-state index < -0.39 is 17.1 Å². The lowest BCUT2D eigenvalue weighted by Crippen LogP contribution is -2.45. The number of rotatable bonds is 10. The largest absolute Gasteiger partial charge is 0.543 e. The number of hydrogen-bond donors (Lipinski definition) is 0. The maximum Gasteiger partial charge on any atom is 0.504 e. The molecule has 0 saturated carbocycles. The van der Waals surface area contributed by atoms with Crippen LogP contribution in [0.3, 0.4) is 0 Å². The van der Waals surface area contributed by atoms with Crippen LogP contribution in [0.4, 0.5) is 0 Å². The fraction of sp³-hybridized carbons (Fsp3) is 0.625. The molecule has 0 bridgehead atoms. The summed E-state index contributed by atoms with van der Waals surface area (Å²) in [5, 5.41) is 0. The zero-order valence-corrected chi connectivity index (χ0v) is 16.8. The molecule has 1 aromatic rings. The third-order valence-electron chi connectivity index (χ3n) is 4.52. The minimum absolute atomic E-state index is 0.645. The molecule has 0 N–H and O–H groups in total. The maximum absolute atomic E-state index is 6.44. The van der Waals surface area contributed by atoms with Crippen LogP contribution in [-0.2, 0) is 19.3 Å². The standard InChI is InChI=1S/C16H30O4Si2/c1-7-21(8-2,9-3)20-16-12-10-11-15(13-16)14-22(17-4,18-5)19-6/h10-13H,7-9,14H2,1-6H3. The third kappa shape index (κ3) is 4.66. The van der Waals surface area contributed by atoms with Crippen molar-refractivity contribution in [1.82, 2.24) is 0 Å². The van der Waals surface area contributed by atoms with Crippen molar-refractivity contribution in [2.75, 3.05) is 21.3 Å². The molecule has 0 heterocycles. The Bertz CT molecular complexity index is 392. The van der Waals surface area contributed by atoms with Crippen LogP contribution < -0.4 is 4.43 Å². The van der Waals surface area contributed by atoms with Crippen molar-refractivity contribution in [2.24, 2.45) is 0 Å². The van der Waals surface area contributed by atoms with E-state index in [1.165, 1.54) is 0 Å². The van der Waals surface area contributed by atoms with Gasteiger partial charge < -0.3 is 17.7 Å². The molecular weight excluding hydrogens is 312 g/mol. The van der Waals surface area contributed by atoms with Crippen LogP contribution in [0.15, 0.2) is 24.3 Å². The molecule has 1 aromatic carbocycles. The van der Waals surface area contributed by atoms with Crippen molar-refractivity contribution in [2.45, 2.75) is 44.9 Å². The highest BCUT2D eigenvalue weighted by atomic mass is 28.4. The van der Waals surface area contributed by atoms with Crippen LogP contribution in [0.2, 0.25) is 18.1 Å². The quantitative estimate of drug-likeness (QED) is 0.602. The molecule has 0 aliphatic rings. The molecule has 0 spiro atoms. The fourth-order valence-electron chi connectivity index (χ4n) is 2.65. The average molecular weight is 343 g/mol. The minimum Gasteiger partial charge on any atom is -0.543 e. The average Bonchev–Trinajstić information content (AvgIpc) is 2.58. The van der Waals surface area contributed by atoms with E-state index in [0.717, 1.165) is 29.4 Å². The SMILES string of the molecule is CC[Si](CC)(CC)Oc1cccc(C[Si](OC)(OC)OC)c1. The van der Waals surface area contributed by atoms with Gasteiger partial charge in [-0.25, -0.2) is 0 Å². The first-order chi connectivity index (χ1) is 10.5. The van der Waals surface area contributed by atoms with Crippen molar-refractivity contribution < 1.29 is 17.7 Å². The summed E-state index contributed by atoms with van der Waals surface area (Å²) in [4.78, 5) is 0. The van der Waals surface area contributed by atoms with Crippen molar-refractivity contribution in [3.8, 4) is 5.75 Å². The Balaban J connectivity index is 2.95. The molecule has 6 heteroatoms. The lowest BCUT2D eigenvalue weighted by Gasteiger charge is -2.29. The zero-order valence-electron chi connectivity index (χ0n) is 14.8. The molecule has 0 radical (unpaired) electrons. The topological polar surface area (TPSA) is 36.9 Å².